The van der Waals surface area contributed by atoms with Crippen molar-refractivity contribution in [3.8, 4) is 0 Å². The summed E-state index contributed by atoms with van der Waals surface area (Å²) >= 11 is 5.76. The summed E-state index contributed by atoms with van der Waals surface area (Å²) in [5, 5.41) is 0. The highest BCUT2D eigenvalue weighted by Gasteiger charge is 2.23. The molecule has 0 spiro atoms. The van der Waals surface area contributed by atoms with Crippen LogP contribution in [-0.2, 0) is 25.7 Å². The summed E-state index contributed by atoms with van der Waals surface area (Å²) in [5.41, 5.74) is 1.93. The van der Waals surface area contributed by atoms with E-state index in [-0.39, 0.29) is 0 Å². The van der Waals surface area contributed by atoms with Crippen LogP contribution in [0, 0.1) is 0 Å². The molecule has 0 heterocycles. The molecule has 0 atom stereocenters. The molecule has 0 fully saturated rings. The minimum Gasteiger partial charge on any atom is -0.309 e. The first-order chi connectivity index (χ1) is 8.13. The summed E-state index contributed by atoms with van der Waals surface area (Å²) in [6.45, 7) is 4.38. The molecule has 0 saturated heterocycles. The second-order valence-corrected chi connectivity index (χ2v) is 5.88. The average Bonchev–Trinajstić information content (AvgIpc) is 2.29. The number of hydrogen-bond acceptors (Lipinski definition) is 3. The number of alkyl halides is 1. The first kappa shape index (κ1) is 14.7. The van der Waals surface area contributed by atoms with Crippen molar-refractivity contribution in [3.63, 3.8) is 0 Å². The maximum atomic E-state index is 12.3. The summed E-state index contributed by atoms with van der Waals surface area (Å²) < 4.78 is 22.8. The van der Waals surface area contributed by atoms with Gasteiger partial charge < -0.3 is 9.05 Å². The van der Waals surface area contributed by atoms with E-state index < -0.39 is 7.60 Å². The number of halogens is 1. The fraction of sp³-hybridized carbons (Fsp3) is 0.500. The summed E-state index contributed by atoms with van der Waals surface area (Å²) in [6.07, 6.45) is 0.291. The van der Waals surface area contributed by atoms with Crippen molar-refractivity contribution in [2.45, 2.75) is 25.9 Å². The summed E-state index contributed by atoms with van der Waals surface area (Å²) in [7, 11) is -3.01. The predicted octanol–water partition coefficient (Wildman–Crippen LogP) is 4.19. The Balaban J connectivity index is 2.81. The molecule has 96 valence electrons. The fourth-order valence-corrected chi connectivity index (χ4v) is 3.41. The van der Waals surface area contributed by atoms with Gasteiger partial charge in [0.25, 0.3) is 0 Å². The Morgan fingerprint density at radius 2 is 1.76 bits per heavy atom. The third-order valence-electron chi connectivity index (χ3n) is 2.17. The molecule has 5 heteroatoms. The number of hydrogen-bond donors (Lipinski definition) is 0. The van der Waals surface area contributed by atoms with E-state index in [0.717, 1.165) is 11.1 Å². The fourth-order valence-electron chi connectivity index (χ4n) is 1.56. The average molecular weight is 277 g/mol. The molecule has 0 amide bonds. The van der Waals surface area contributed by atoms with Gasteiger partial charge in [0.05, 0.1) is 19.4 Å². The van der Waals surface area contributed by atoms with Gasteiger partial charge in [-0.25, -0.2) is 0 Å². The zero-order valence-corrected chi connectivity index (χ0v) is 11.8. The van der Waals surface area contributed by atoms with Crippen LogP contribution in [0.2, 0.25) is 0 Å². The van der Waals surface area contributed by atoms with Crippen LogP contribution in [0.25, 0.3) is 0 Å². The van der Waals surface area contributed by atoms with Gasteiger partial charge in [0.2, 0.25) is 0 Å². The van der Waals surface area contributed by atoms with E-state index in [2.05, 4.69) is 0 Å². The van der Waals surface area contributed by atoms with Gasteiger partial charge in [0.15, 0.2) is 0 Å². The van der Waals surface area contributed by atoms with Crippen molar-refractivity contribution < 1.29 is 13.6 Å². The lowest BCUT2D eigenvalue weighted by molar-refractivity contribution is 0.219. The van der Waals surface area contributed by atoms with E-state index in [0.29, 0.717) is 25.3 Å². The maximum absolute atomic E-state index is 12.3. The molecule has 17 heavy (non-hydrogen) atoms. The minimum atomic E-state index is -3.01. The Morgan fingerprint density at radius 3 is 2.29 bits per heavy atom. The molecule has 0 unspecified atom stereocenters. The number of benzene rings is 1. The Morgan fingerprint density at radius 1 is 1.18 bits per heavy atom. The van der Waals surface area contributed by atoms with Gasteiger partial charge in [-0.1, -0.05) is 24.3 Å². The zero-order valence-electron chi connectivity index (χ0n) is 10.2. The Bertz CT molecular complexity index is 385. The van der Waals surface area contributed by atoms with Crippen molar-refractivity contribution in [1.29, 1.82) is 0 Å². The van der Waals surface area contributed by atoms with E-state index in [9.17, 15) is 4.57 Å². The van der Waals surface area contributed by atoms with Crippen molar-refractivity contribution >= 4 is 19.2 Å². The first-order valence-electron chi connectivity index (χ1n) is 5.65. The normalized spacial score (nSPS) is 11.7. The lowest BCUT2D eigenvalue weighted by Crippen LogP contribution is -1.99. The van der Waals surface area contributed by atoms with Gasteiger partial charge in [0.1, 0.15) is 0 Å². The Hall–Kier alpha value is -0.340. The minimum absolute atomic E-state index is 0.291. The highest BCUT2D eigenvalue weighted by atomic mass is 35.5. The molecule has 0 aliphatic carbocycles. The SMILES string of the molecule is CCOP(=O)(Cc1cccc(CCl)c1)OCC. The Kier molecular flexibility index (Phi) is 6.21. The second-order valence-electron chi connectivity index (χ2n) is 3.56. The predicted molar refractivity (Wildman–Crippen MR) is 70.6 cm³/mol. The van der Waals surface area contributed by atoms with Gasteiger partial charge in [-0.2, -0.15) is 0 Å². The van der Waals surface area contributed by atoms with Gasteiger partial charge in [-0.3, -0.25) is 4.57 Å². The molecule has 3 nitrogen and oxygen atoms in total. The van der Waals surface area contributed by atoms with E-state index in [1.54, 1.807) is 13.8 Å². The quantitative estimate of drug-likeness (QED) is 0.553. The van der Waals surface area contributed by atoms with E-state index in [1.165, 1.54) is 0 Å². The summed E-state index contributed by atoms with van der Waals surface area (Å²) in [4.78, 5) is 0. The van der Waals surface area contributed by atoms with E-state index in [1.807, 2.05) is 24.3 Å². The first-order valence-corrected chi connectivity index (χ1v) is 7.91. The van der Waals surface area contributed by atoms with Crippen LogP contribution in [0.4, 0.5) is 0 Å². The molecular weight excluding hydrogens is 259 g/mol. The van der Waals surface area contributed by atoms with Gasteiger partial charge in [0, 0.05) is 5.88 Å². The smallest absolute Gasteiger partial charge is 0.309 e. The molecule has 0 bridgehead atoms. The maximum Gasteiger partial charge on any atom is 0.335 e. The Labute approximate surface area is 108 Å². The van der Waals surface area contributed by atoms with Gasteiger partial charge in [-0.05, 0) is 25.0 Å². The highest BCUT2D eigenvalue weighted by molar-refractivity contribution is 7.53. The molecule has 0 radical (unpaired) electrons. The molecule has 1 aromatic carbocycles. The monoisotopic (exact) mass is 276 g/mol. The number of rotatable bonds is 7. The largest absolute Gasteiger partial charge is 0.335 e. The molecule has 0 aliphatic heterocycles. The standard InChI is InChI=1S/C12H18ClO3P/c1-3-15-17(14,16-4-2)10-12-7-5-6-11(8-12)9-13/h5-8H,3-4,9-10H2,1-2H3. The van der Waals surface area contributed by atoms with Crippen LogP contribution < -0.4 is 0 Å². The van der Waals surface area contributed by atoms with Crippen LogP contribution in [0.3, 0.4) is 0 Å². The molecule has 0 N–H and O–H groups in total. The van der Waals surface area contributed by atoms with Crippen molar-refractivity contribution in [1.82, 2.24) is 0 Å². The molecule has 0 saturated carbocycles. The highest BCUT2D eigenvalue weighted by Crippen LogP contribution is 2.51. The van der Waals surface area contributed by atoms with E-state index in [4.69, 9.17) is 20.6 Å². The van der Waals surface area contributed by atoms with Crippen LogP contribution in [0.1, 0.15) is 25.0 Å². The lowest BCUT2D eigenvalue weighted by Gasteiger charge is -2.17. The summed E-state index contributed by atoms with van der Waals surface area (Å²) in [6, 6.07) is 7.66. The summed E-state index contributed by atoms with van der Waals surface area (Å²) in [5.74, 6) is 0.446. The van der Waals surface area contributed by atoms with Gasteiger partial charge in [-0.15, -0.1) is 11.6 Å². The zero-order chi connectivity index (χ0) is 12.7. The van der Waals surface area contributed by atoms with Crippen LogP contribution in [0.15, 0.2) is 24.3 Å². The molecule has 1 rings (SSSR count). The van der Waals surface area contributed by atoms with Crippen molar-refractivity contribution in [3.05, 3.63) is 35.4 Å². The molecule has 0 aliphatic rings. The third-order valence-corrected chi connectivity index (χ3v) is 4.54. The molecular formula is C12H18ClO3P. The topological polar surface area (TPSA) is 35.5 Å². The molecule has 0 aromatic heterocycles. The van der Waals surface area contributed by atoms with Crippen LogP contribution in [-0.4, -0.2) is 13.2 Å². The van der Waals surface area contributed by atoms with E-state index >= 15 is 0 Å². The van der Waals surface area contributed by atoms with Crippen molar-refractivity contribution in [2.75, 3.05) is 13.2 Å². The lowest BCUT2D eigenvalue weighted by atomic mass is 10.2. The van der Waals surface area contributed by atoms with Crippen LogP contribution in [0.5, 0.6) is 0 Å². The second kappa shape index (κ2) is 7.17. The van der Waals surface area contributed by atoms with Crippen molar-refractivity contribution in [2.24, 2.45) is 0 Å². The molecule has 1 aromatic rings. The van der Waals surface area contributed by atoms with Gasteiger partial charge >= 0.3 is 7.60 Å². The third kappa shape index (κ3) is 4.81. The van der Waals surface area contributed by atoms with Crippen LogP contribution >= 0.6 is 19.2 Å².